The Morgan fingerprint density at radius 2 is 1.88 bits per heavy atom. The van der Waals surface area contributed by atoms with E-state index in [9.17, 15) is 14.4 Å². The molecular formula is C26H23FN6O. The first-order valence-corrected chi connectivity index (χ1v) is 10.7. The summed E-state index contributed by atoms with van der Waals surface area (Å²) in [5, 5.41) is 16.6. The Labute approximate surface area is 196 Å². The van der Waals surface area contributed by atoms with Crippen LogP contribution in [-0.4, -0.2) is 25.2 Å². The molecule has 1 N–H and O–H groups in total. The highest BCUT2D eigenvalue weighted by molar-refractivity contribution is 6.01. The number of nitrogens with one attached hydrogen (secondary N) is 1. The minimum Gasteiger partial charge on any atom is -0.347 e. The van der Waals surface area contributed by atoms with Crippen molar-refractivity contribution < 1.29 is 9.18 Å². The Bertz CT molecular complexity index is 1380. The first kappa shape index (κ1) is 22.7. The number of carbonyl (C=O) groups excluding carboxylic acids is 1. The molecule has 2 heterocycles. The van der Waals surface area contributed by atoms with Crippen LogP contribution in [0, 0.1) is 31.0 Å². The van der Waals surface area contributed by atoms with Crippen molar-refractivity contribution in [1.82, 2.24) is 24.6 Å². The van der Waals surface area contributed by atoms with Gasteiger partial charge < -0.3 is 9.88 Å². The van der Waals surface area contributed by atoms with E-state index in [1.54, 1.807) is 29.2 Å². The summed E-state index contributed by atoms with van der Waals surface area (Å²) in [7, 11) is 0. The third-order valence-corrected chi connectivity index (χ3v) is 5.58. The normalized spacial score (nSPS) is 11.3. The number of nitriles is 1. The van der Waals surface area contributed by atoms with Crippen LogP contribution in [0.15, 0.2) is 72.8 Å². The van der Waals surface area contributed by atoms with Crippen molar-refractivity contribution >= 4 is 12.0 Å². The fourth-order valence-electron chi connectivity index (χ4n) is 3.87. The number of rotatable bonds is 7. The second kappa shape index (κ2) is 9.96. The molecule has 4 aromatic rings. The Kier molecular flexibility index (Phi) is 6.64. The smallest absolute Gasteiger partial charge is 0.262 e. The summed E-state index contributed by atoms with van der Waals surface area (Å²) in [6.45, 7) is 4.63. The maximum Gasteiger partial charge on any atom is 0.262 e. The second-order valence-electron chi connectivity index (χ2n) is 7.85. The van der Waals surface area contributed by atoms with Crippen molar-refractivity contribution in [3.8, 4) is 11.8 Å². The monoisotopic (exact) mass is 454 g/mol. The molecule has 0 atom stereocenters. The lowest BCUT2D eigenvalue weighted by molar-refractivity contribution is -0.117. The fourth-order valence-corrected chi connectivity index (χ4v) is 3.87. The number of aromatic nitrogens is 4. The first-order chi connectivity index (χ1) is 16.5. The molecule has 0 aliphatic carbocycles. The van der Waals surface area contributed by atoms with Crippen LogP contribution < -0.4 is 5.32 Å². The van der Waals surface area contributed by atoms with Gasteiger partial charge in [-0.3, -0.25) is 4.79 Å². The molecule has 0 bridgehead atoms. The van der Waals surface area contributed by atoms with Gasteiger partial charge in [-0.2, -0.15) is 10.4 Å². The van der Waals surface area contributed by atoms with Crippen molar-refractivity contribution in [1.29, 1.82) is 5.26 Å². The molecule has 34 heavy (non-hydrogen) atoms. The van der Waals surface area contributed by atoms with Crippen molar-refractivity contribution in [2.24, 2.45) is 0 Å². The molecule has 0 unspecified atom stereocenters. The lowest BCUT2D eigenvalue weighted by Gasteiger charge is -2.11. The quantitative estimate of drug-likeness (QED) is 0.336. The van der Waals surface area contributed by atoms with Crippen molar-refractivity contribution in [2.75, 3.05) is 0 Å². The Morgan fingerprint density at radius 3 is 2.56 bits per heavy atom. The number of aryl methyl sites for hydroxylation is 1. The lowest BCUT2D eigenvalue weighted by Crippen LogP contribution is -2.24. The predicted molar refractivity (Wildman–Crippen MR) is 126 cm³/mol. The third kappa shape index (κ3) is 4.94. The third-order valence-electron chi connectivity index (χ3n) is 5.58. The number of carbonyl (C=O) groups is 1. The Balaban J connectivity index is 1.52. The summed E-state index contributed by atoms with van der Waals surface area (Å²) in [4.78, 5) is 16.8. The van der Waals surface area contributed by atoms with E-state index in [1.807, 2.05) is 54.8 Å². The van der Waals surface area contributed by atoms with Gasteiger partial charge in [0.15, 0.2) is 0 Å². The fraction of sp³-hybridized carbons (Fsp3) is 0.154. The molecule has 170 valence electrons. The Hall–Kier alpha value is -4.51. The zero-order chi connectivity index (χ0) is 24.1. The van der Waals surface area contributed by atoms with Crippen molar-refractivity contribution in [2.45, 2.75) is 26.9 Å². The molecule has 2 aromatic carbocycles. The van der Waals surface area contributed by atoms with Crippen LogP contribution in [0.1, 0.15) is 28.1 Å². The van der Waals surface area contributed by atoms with Gasteiger partial charge in [-0.05, 0) is 66.9 Å². The number of nitrogens with zero attached hydrogens (tertiary/aromatic N) is 5. The largest absolute Gasteiger partial charge is 0.347 e. The molecule has 1 amide bonds. The zero-order valence-electron chi connectivity index (χ0n) is 18.9. The van der Waals surface area contributed by atoms with Gasteiger partial charge in [-0.25, -0.2) is 14.1 Å². The van der Waals surface area contributed by atoms with E-state index < -0.39 is 5.91 Å². The van der Waals surface area contributed by atoms with Gasteiger partial charge in [0.05, 0.1) is 6.54 Å². The summed E-state index contributed by atoms with van der Waals surface area (Å²) < 4.78 is 17.0. The average Bonchev–Trinajstić information content (AvgIpc) is 3.44. The maximum atomic E-state index is 13.3. The van der Waals surface area contributed by atoms with Gasteiger partial charge in [-0.15, -0.1) is 0 Å². The summed E-state index contributed by atoms with van der Waals surface area (Å²) in [5.74, 6) is -0.762. The van der Waals surface area contributed by atoms with E-state index in [0.717, 1.165) is 33.8 Å². The minimum atomic E-state index is -0.454. The molecule has 4 rings (SSSR count). The molecule has 0 saturated heterocycles. The van der Waals surface area contributed by atoms with Crippen LogP contribution in [0.25, 0.3) is 11.8 Å². The summed E-state index contributed by atoms with van der Waals surface area (Å²) in [6.07, 6.45) is 4.69. The molecule has 0 radical (unpaired) electrons. The highest BCUT2D eigenvalue weighted by atomic mass is 19.1. The molecule has 0 fully saturated rings. The van der Waals surface area contributed by atoms with Gasteiger partial charge in [-0.1, -0.05) is 24.3 Å². The van der Waals surface area contributed by atoms with Crippen LogP contribution >= 0.6 is 0 Å². The second-order valence-corrected chi connectivity index (χ2v) is 7.85. The molecule has 2 aromatic heterocycles. The standard InChI is InChI=1S/C26H23FN6O/c1-18-11-22(19(2)33(18)25-9-7-24(27)8-10-25)12-23(13-28)26(34)30-14-20-5-3-4-6-21(20)15-32-17-29-16-31-32/h3-12,16-17H,14-15H2,1-2H3,(H,30,34)/b23-12+. The zero-order valence-corrected chi connectivity index (χ0v) is 18.9. The lowest BCUT2D eigenvalue weighted by atomic mass is 10.1. The van der Waals surface area contributed by atoms with Gasteiger partial charge in [0.1, 0.15) is 30.1 Å². The molecule has 0 aliphatic heterocycles. The van der Waals surface area contributed by atoms with Crippen molar-refractivity contribution in [3.05, 3.63) is 107 Å². The number of hydrogen-bond donors (Lipinski definition) is 1. The molecule has 8 heteroatoms. The van der Waals surface area contributed by atoms with Gasteiger partial charge >= 0.3 is 0 Å². The van der Waals surface area contributed by atoms with E-state index >= 15 is 0 Å². The van der Waals surface area contributed by atoms with Gasteiger partial charge in [0, 0.05) is 23.6 Å². The first-order valence-electron chi connectivity index (χ1n) is 10.7. The van der Waals surface area contributed by atoms with Crippen LogP contribution in [0.3, 0.4) is 0 Å². The van der Waals surface area contributed by atoms with Crippen LogP contribution in [0.4, 0.5) is 4.39 Å². The SMILES string of the molecule is Cc1cc(/C=C(\C#N)C(=O)NCc2ccccc2Cn2cncn2)c(C)n1-c1ccc(F)cc1. The number of amides is 1. The van der Waals surface area contributed by atoms with E-state index in [-0.39, 0.29) is 17.9 Å². The van der Waals surface area contributed by atoms with Crippen LogP contribution in [0.2, 0.25) is 0 Å². The maximum absolute atomic E-state index is 13.3. The Morgan fingerprint density at radius 1 is 1.15 bits per heavy atom. The number of halogens is 1. The van der Waals surface area contributed by atoms with E-state index in [1.165, 1.54) is 18.5 Å². The van der Waals surface area contributed by atoms with Gasteiger partial charge in [0.2, 0.25) is 0 Å². The molecule has 7 nitrogen and oxygen atoms in total. The number of hydrogen-bond acceptors (Lipinski definition) is 4. The highest BCUT2D eigenvalue weighted by Crippen LogP contribution is 2.23. The van der Waals surface area contributed by atoms with E-state index in [4.69, 9.17) is 0 Å². The summed E-state index contributed by atoms with van der Waals surface area (Å²) >= 11 is 0. The average molecular weight is 455 g/mol. The van der Waals surface area contributed by atoms with Gasteiger partial charge in [0.25, 0.3) is 5.91 Å². The topological polar surface area (TPSA) is 88.5 Å². The van der Waals surface area contributed by atoms with E-state index in [0.29, 0.717) is 6.54 Å². The van der Waals surface area contributed by atoms with Crippen molar-refractivity contribution in [3.63, 3.8) is 0 Å². The molecule has 0 aliphatic rings. The van der Waals surface area contributed by atoms with Crippen LogP contribution in [-0.2, 0) is 17.9 Å². The van der Waals surface area contributed by atoms with E-state index in [2.05, 4.69) is 15.4 Å². The van der Waals surface area contributed by atoms with Crippen LogP contribution in [0.5, 0.6) is 0 Å². The molecule has 0 spiro atoms. The highest BCUT2D eigenvalue weighted by Gasteiger charge is 2.14. The molecular weight excluding hydrogens is 431 g/mol. The summed E-state index contributed by atoms with van der Waals surface area (Å²) in [6, 6.07) is 17.8. The summed E-state index contributed by atoms with van der Waals surface area (Å²) in [5.41, 5.74) is 5.26. The number of benzene rings is 2. The predicted octanol–water partition coefficient (Wildman–Crippen LogP) is 4.10. The minimum absolute atomic E-state index is 0.00751. The molecule has 0 saturated carbocycles.